The van der Waals surface area contributed by atoms with E-state index in [4.69, 9.17) is 20.8 Å². The van der Waals surface area contributed by atoms with Gasteiger partial charge in [-0.3, -0.25) is 19.1 Å². The minimum Gasteiger partial charge on any atom is -0.457 e. The van der Waals surface area contributed by atoms with Crippen molar-refractivity contribution in [3.8, 4) is 0 Å². The third-order valence-corrected chi connectivity index (χ3v) is 4.42. The molecule has 0 atom stereocenters. The Morgan fingerprint density at radius 1 is 1.21 bits per heavy atom. The van der Waals surface area contributed by atoms with E-state index >= 15 is 0 Å². The lowest BCUT2D eigenvalue weighted by Gasteiger charge is -2.09. The molecule has 8 nitrogen and oxygen atoms in total. The molecule has 4 rings (SSSR count). The van der Waals surface area contributed by atoms with Gasteiger partial charge in [-0.1, -0.05) is 23.7 Å². The smallest absolute Gasteiger partial charge is 0.328 e. The Kier molecular flexibility index (Phi) is 4.70. The number of esters is 1. The highest BCUT2D eigenvalue weighted by Crippen LogP contribution is 2.20. The number of para-hydroxylation sites is 1. The topological polar surface area (TPSA) is 107 Å². The van der Waals surface area contributed by atoms with Gasteiger partial charge in [-0.2, -0.15) is 0 Å². The average Bonchev–Trinajstić information content (AvgIpc) is 3.08. The second kappa shape index (κ2) is 7.32. The summed E-state index contributed by atoms with van der Waals surface area (Å²) in [5.74, 6) is -0.0709. The van der Waals surface area contributed by atoms with Gasteiger partial charge < -0.3 is 9.15 Å². The number of pyridine rings is 1. The van der Waals surface area contributed by atoms with Crippen LogP contribution in [0.1, 0.15) is 12.2 Å². The molecule has 0 radical (unpaired) electrons. The molecule has 0 saturated heterocycles. The molecular weight excluding hydrogens is 386 g/mol. The molecule has 0 bridgehead atoms. The van der Waals surface area contributed by atoms with Crippen LogP contribution in [0.15, 0.2) is 56.5 Å². The van der Waals surface area contributed by atoms with Crippen molar-refractivity contribution in [1.82, 2.24) is 14.5 Å². The summed E-state index contributed by atoms with van der Waals surface area (Å²) in [5.41, 5.74) is 0.547. The summed E-state index contributed by atoms with van der Waals surface area (Å²) in [7, 11) is 0. The molecule has 0 saturated carbocycles. The van der Waals surface area contributed by atoms with Crippen LogP contribution in [0.5, 0.6) is 0 Å². The van der Waals surface area contributed by atoms with Crippen molar-refractivity contribution in [2.24, 2.45) is 0 Å². The maximum absolute atomic E-state index is 12.1. The normalized spacial score (nSPS) is 11.2. The molecule has 0 fully saturated rings. The highest BCUT2D eigenvalue weighted by molar-refractivity contribution is 6.29. The first-order valence-electron chi connectivity index (χ1n) is 8.44. The molecule has 0 aliphatic carbocycles. The summed E-state index contributed by atoms with van der Waals surface area (Å²) in [6.45, 7) is 0.0142. The largest absolute Gasteiger partial charge is 0.457 e. The van der Waals surface area contributed by atoms with Gasteiger partial charge in [0.05, 0.1) is 17.3 Å². The molecule has 28 heavy (non-hydrogen) atoms. The molecule has 0 aliphatic rings. The fourth-order valence-corrected chi connectivity index (χ4v) is 3.07. The number of benzene rings is 1. The van der Waals surface area contributed by atoms with Gasteiger partial charge in [0, 0.05) is 12.6 Å². The predicted molar refractivity (Wildman–Crippen MR) is 102 cm³/mol. The molecule has 0 unspecified atom stereocenters. The van der Waals surface area contributed by atoms with Crippen molar-refractivity contribution in [3.63, 3.8) is 0 Å². The number of halogens is 1. The zero-order valence-corrected chi connectivity index (χ0v) is 15.2. The lowest BCUT2D eigenvalue weighted by molar-refractivity contribution is -0.145. The summed E-state index contributed by atoms with van der Waals surface area (Å²) < 4.78 is 12.1. The van der Waals surface area contributed by atoms with E-state index in [1.165, 1.54) is 4.57 Å². The maximum Gasteiger partial charge on any atom is 0.328 e. The SMILES string of the molecule is O=C(CCn1c(=O)[nH]c(=O)c2ccccc21)OCc1cc2nc(Cl)ccc2o1. The minimum absolute atomic E-state index is 0.0414. The standard InChI is InChI=1S/C19H14ClN3O5/c20-16-6-5-15-13(21-16)9-11(28-15)10-27-17(24)7-8-23-14-4-2-1-3-12(14)18(25)22-19(23)26/h1-6,9H,7-8,10H2,(H,22,25,26). The second-order valence-electron chi connectivity index (χ2n) is 6.07. The van der Waals surface area contributed by atoms with Gasteiger partial charge in [-0.25, -0.2) is 9.78 Å². The van der Waals surface area contributed by atoms with Crippen molar-refractivity contribution < 1.29 is 13.9 Å². The predicted octanol–water partition coefficient (Wildman–Crippen LogP) is 2.62. The van der Waals surface area contributed by atoms with E-state index in [-0.39, 0.29) is 19.6 Å². The molecular formula is C19H14ClN3O5. The molecule has 9 heteroatoms. The third-order valence-electron chi connectivity index (χ3n) is 4.21. The van der Waals surface area contributed by atoms with Crippen molar-refractivity contribution in [2.45, 2.75) is 19.6 Å². The number of carbonyl (C=O) groups excluding carboxylic acids is 1. The molecule has 3 aromatic heterocycles. The number of carbonyl (C=O) groups is 1. The number of hydrogen-bond acceptors (Lipinski definition) is 6. The highest BCUT2D eigenvalue weighted by Gasteiger charge is 2.12. The zero-order valence-electron chi connectivity index (χ0n) is 14.5. The Labute approximate surface area is 162 Å². The Morgan fingerprint density at radius 3 is 2.89 bits per heavy atom. The molecule has 0 aliphatic heterocycles. The van der Waals surface area contributed by atoms with Crippen LogP contribution < -0.4 is 11.2 Å². The van der Waals surface area contributed by atoms with Crippen molar-refractivity contribution in [2.75, 3.05) is 0 Å². The number of hydrogen-bond donors (Lipinski definition) is 1. The van der Waals surface area contributed by atoms with Gasteiger partial charge in [-0.05, 0) is 24.3 Å². The van der Waals surface area contributed by atoms with E-state index in [0.29, 0.717) is 32.9 Å². The molecule has 0 spiro atoms. The van der Waals surface area contributed by atoms with Crippen molar-refractivity contribution in [1.29, 1.82) is 0 Å². The Hall–Kier alpha value is -3.39. The number of aryl methyl sites for hydroxylation is 1. The molecule has 142 valence electrons. The van der Waals surface area contributed by atoms with Gasteiger partial charge in [0.25, 0.3) is 5.56 Å². The highest BCUT2D eigenvalue weighted by atomic mass is 35.5. The summed E-state index contributed by atoms with van der Waals surface area (Å²) in [4.78, 5) is 42.4. The first-order valence-corrected chi connectivity index (χ1v) is 8.81. The van der Waals surface area contributed by atoms with Gasteiger partial charge in [0.1, 0.15) is 23.0 Å². The number of nitrogens with one attached hydrogen (secondary N) is 1. The minimum atomic E-state index is -0.572. The number of ether oxygens (including phenoxy) is 1. The van der Waals surface area contributed by atoms with Gasteiger partial charge >= 0.3 is 11.7 Å². The first kappa shape index (κ1) is 18.0. The van der Waals surface area contributed by atoms with Crippen LogP contribution in [0.2, 0.25) is 5.15 Å². The van der Waals surface area contributed by atoms with Gasteiger partial charge in [0.2, 0.25) is 0 Å². The fraction of sp³-hybridized carbons (Fsp3) is 0.158. The van der Waals surface area contributed by atoms with Gasteiger partial charge in [0.15, 0.2) is 5.58 Å². The molecule has 1 N–H and O–H groups in total. The molecule has 3 heterocycles. The van der Waals surface area contributed by atoms with Crippen LogP contribution in [-0.4, -0.2) is 20.5 Å². The van der Waals surface area contributed by atoms with E-state index in [1.807, 2.05) is 0 Å². The first-order chi connectivity index (χ1) is 13.5. The lowest BCUT2D eigenvalue weighted by atomic mass is 10.2. The van der Waals surface area contributed by atoms with E-state index in [2.05, 4.69) is 9.97 Å². The van der Waals surface area contributed by atoms with Crippen molar-refractivity contribution >= 4 is 39.6 Å². The maximum atomic E-state index is 12.1. The number of H-pyrrole nitrogens is 1. The van der Waals surface area contributed by atoms with Crippen LogP contribution in [-0.2, 0) is 22.7 Å². The summed E-state index contributed by atoms with van der Waals surface area (Å²) in [6.07, 6.45) is -0.0414. The molecule has 4 aromatic rings. The number of nitrogens with zero attached hydrogens (tertiary/aromatic N) is 2. The number of rotatable bonds is 5. The molecule has 0 amide bonds. The summed E-state index contributed by atoms with van der Waals surface area (Å²) in [5, 5.41) is 0.722. The number of fused-ring (bicyclic) bond motifs is 2. The zero-order chi connectivity index (χ0) is 19.7. The quantitative estimate of drug-likeness (QED) is 0.408. The van der Waals surface area contributed by atoms with Crippen LogP contribution in [0, 0.1) is 0 Å². The number of aromatic amines is 1. The van der Waals surface area contributed by atoms with E-state index in [1.54, 1.807) is 42.5 Å². The van der Waals surface area contributed by atoms with Crippen LogP contribution >= 0.6 is 11.6 Å². The fourth-order valence-electron chi connectivity index (χ4n) is 2.91. The summed E-state index contributed by atoms with van der Waals surface area (Å²) >= 11 is 5.83. The Balaban J connectivity index is 1.44. The van der Waals surface area contributed by atoms with Crippen LogP contribution in [0.4, 0.5) is 0 Å². The van der Waals surface area contributed by atoms with E-state index < -0.39 is 17.2 Å². The van der Waals surface area contributed by atoms with Crippen LogP contribution in [0.3, 0.4) is 0 Å². The molecule has 1 aromatic carbocycles. The second-order valence-corrected chi connectivity index (χ2v) is 6.46. The van der Waals surface area contributed by atoms with Crippen molar-refractivity contribution in [3.05, 3.63) is 74.2 Å². The van der Waals surface area contributed by atoms with E-state index in [0.717, 1.165) is 0 Å². The Bertz CT molecular complexity index is 1300. The lowest BCUT2D eigenvalue weighted by Crippen LogP contribution is -2.31. The number of aromatic nitrogens is 3. The third kappa shape index (κ3) is 3.54. The summed E-state index contributed by atoms with van der Waals surface area (Å²) in [6, 6.07) is 11.6. The van der Waals surface area contributed by atoms with E-state index in [9.17, 15) is 14.4 Å². The average molecular weight is 400 g/mol. The number of furan rings is 1. The monoisotopic (exact) mass is 399 g/mol. The Morgan fingerprint density at radius 2 is 2.04 bits per heavy atom. The van der Waals surface area contributed by atoms with Crippen LogP contribution in [0.25, 0.3) is 22.0 Å². The van der Waals surface area contributed by atoms with Gasteiger partial charge in [-0.15, -0.1) is 0 Å².